The summed E-state index contributed by atoms with van der Waals surface area (Å²) in [6.45, 7) is 0. The number of hydrogen-bond acceptors (Lipinski definition) is 5. The van der Waals surface area contributed by atoms with E-state index in [1.165, 1.54) is 18.0 Å². The van der Waals surface area contributed by atoms with E-state index in [2.05, 4.69) is 25.9 Å². The van der Waals surface area contributed by atoms with Crippen LogP contribution in [-0.2, 0) is 0 Å². The lowest BCUT2D eigenvalue weighted by atomic mass is 10.4. The summed E-state index contributed by atoms with van der Waals surface area (Å²) >= 11 is 4.58. The normalized spacial score (nSPS) is 10.4. The molecule has 2 aromatic rings. The van der Waals surface area contributed by atoms with Crippen LogP contribution in [0.2, 0.25) is 0 Å². The molecular weight excluding hydrogens is 266 g/mol. The van der Waals surface area contributed by atoms with Crippen LogP contribution >= 0.6 is 27.7 Å². The summed E-state index contributed by atoms with van der Waals surface area (Å²) in [5.41, 5.74) is 6.35. The van der Waals surface area contributed by atoms with E-state index in [9.17, 15) is 0 Å². The Balaban J connectivity index is 2.25. The second-order valence-corrected chi connectivity index (χ2v) is 4.30. The van der Waals surface area contributed by atoms with Crippen molar-refractivity contribution in [3.8, 4) is 0 Å². The van der Waals surface area contributed by atoms with Crippen molar-refractivity contribution in [1.29, 1.82) is 0 Å². The molecule has 14 heavy (non-hydrogen) atoms. The molecule has 0 fully saturated rings. The topological polar surface area (TPSA) is 64.9 Å². The SMILES string of the molecule is Nc1cc(Br)cnc1Sc1ncco1. The van der Waals surface area contributed by atoms with E-state index in [0.717, 1.165) is 4.47 Å². The maximum absolute atomic E-state index is 5.76. The fraction of sp³-hybridized carbons (Fsp3) is 0. The van der Waals surface area contributed by atoms with E-state index in [1.807, 2.05) is 0 Å². The highest BCUT2D eigenvalue weighted by Crippen LogP contribution is 2.30. The number of nitrogens with two attached hydrogens (primary N) is 1. The lowest BCUT2D eigenvalue weighted by molar-refractivity contribution is 0.454. The maximum atomic E-state index is 5.76. The van der Waals surface area contributed by atoms with Gasteiger partial charge in [0.05, 0.1) is 11.9 Å². The lowest BCUT2D eigenvalue weighted by Crippen LogP contribution is -1.91. The first-order valence-electron chi connectivity index (χ1n) is 3.74. The van der Waals surface area contributed by atoms with Gasteiger partial charge in [0.1, 0.15) is 11.3 Å². The standard InChI is InChI=1S/C8H6BrN3OS/c9-5-3-6(10)7(12-4-5)14-8-11-1-2-13-8/h1-4H,10H2. The van der Waals surface area contributed by atoms with Gasteiger partial charge in [-0.2, -0.15) is 0 Å². The first-order chi connectivity index (χ1) is 6.75. The highest BCUT2D eigenvalue weighted by atomic mass is 79.9. The molecule has 2 N–H and O–H groups in total. The molecule has 0 bridgehead atoms. The molecule has 6 heteroatoms. The van der Waals surface area contributed by atoms with Crippen LogP contribution in [0.15, 0.2) is 43.9 Å². The van der Waals surface area contributed by atoms with Gasteiger partial charge in [0, 0.05) is 10.7 Å². The third-order valence-corrected chi connectivity index (χ3v) is 2.78. The van der Waals surface area contributed by atoms with Crippen molar-refractivity contribution in [1.82, 2.24) is 9.97 Å². The summed E-state index contributed by atoms with van der Waals surface area (Å²) in [4.78, 5) is 8.11. The second kappa shape index (κ2) is 4.02. The molecule has 2 heterocycles. The first-order valence-corrected chi connectivity index (χ1v) is 5.35. The quantitative estimate of drug-likeness (QED) is 0.910. The fourth-order valence-corrected chi connectivity index (χ4v) is 1.88. The zero-order chi connectivity index (χ0) is 9.97. The van der Waals surface area contributed by atoms with Crippen molar-refractivity contribution >= 4 is 33.4 Å². The number of hydrogen-bond donors (Lipinski definition) is 1. The van der Waals surface area contributed by atoms with E-state index < -0.39 is 0 Å². The smallest absolute Gasteiger partial charge is 0.262 e. The summed E-state index contributed by atoms with van der Waals surface area (Å²) in [6, 6.07) is 1.79. The molecule has 4 nitrogen and oxygen atoms in total. The zero-order valence-corrected chi connectivity index (χ0v) is 9.38. The fourth-order valence-electron chi connectivity index (χ4n) is 0.871. The Kier molecular flexibility index (Phi) is 2.74. The molecule has 0 amide bonds. The number of rotatable bonds is 2. The Bertz CT molecular complexity index is 432. The average Bonchev–Trinajstić information content (AvgIpc) is 2.62. The number of nitrogen functional groups attached to an aromatic ring is 1. The molecule has 0 aliphatic carbocycles. The molecule has 72 valence electrons. The summed E-state index contributed by atoms with van der Waals surface area (Å²) in [6.07, 6.45) is 4.77. The average molecular weight is 272 g/mol. The van der Waals surface area contributed by atoms with Crippen LogP contribution in [0, 0.1) is 0 Å². The Hall–Kier alpha value is -1.01. The van der Waals surface area contributed by atoms with E-state index in [4.69, 9.17) is 10.2 Å². The maximum Gasteiger partial charge on any atom is 0.262 e. The first kappa shape index (κ1) is 9.54. The van der Waals surface area contributed by atoms with Crippen LogP contribution in [0.25, 0.3) is 0 Å². The molecule has 0 aromatic carbocycles. The van der Waals surface area contributed by atoms with Gasteiger partial charge in [-0.05, 0) is 33.8 Å². The molecular formula is C8H6BrN3OS. The summed E-state index contributed by atoms with van der Waals surface area (Å²) in [5.74, 6) is 0. The summed E-state index contributed by atoms with van der Waals surface area (Å²) < 4.78 is 5.92. The summed E-state index contributed by atoms with van der Waals surface area (Å²) in [5, 5.41) is 1.22. The van der Waals surface area contributed by atoms with E-state index in [0.29, 0.717) is 15.9 Å². The highest BCUT2D eigenvalue weighted by molar-refractivity contribution is 9.10. The van der Waals surface area contributed by atoms with Gasteiger partial charge in [0.25, 0.3) is 5.22 Å². The van der Waals surface area contributed by atoms with E-state index in [1.54, 1.807) is 18.5 Å². The molecule has 0 saturated carbocycles. The van der Waals surface area contributed by atoms with Crippen LogP contribution in [-0.4, -0.2) is 9.97 Å². The molecule has 2 aromatic heterocycles. The van der Waals surface area contributed by atoms with Gasteiger partial charge in [0.15, 0.2) is 0 Å². The largest absolute Gasteiger partial charge is 0.440 e. The third-order valence-electron chi connectivity index (χ3n) is 1.44. The van der Waals surface area contributed by atoms with Gasteiger partial charge in [-0.15, -0.1) is 0 Å². The number of nitrogens with zero attached hydrogens (tertiary/aromatic N) is 2. The molecule has 0 aliphatic rings. The minimum absolute atomic E-state index is 0.534. The number of aromatic nitrogens is 2. The lowest BCUT2D eigenvalue weighted by Gasteiger charge is -2.00. The molecule has 2 rings (SSSR count). The monoisotopic (exact) mass is 271 g/mol. The van der Waals surface area contributed by atoms with Crippen molar-refractivity contribution in [3.05, 3.63) is 29.2 Å². The zero-order valence-electron chi connectivity index (χ0n) is 6.98. The van der Waals surface area contributed by atoms with E-state index in [-0.39, 0.29) is 0 Å². The third kappa shape index (κ3) is 2.08. The molecule has 0 spiro atoms. The summed E-state index contributed by atoms with van der Waals surface area (Å²) in [7, 11) is 0. The van der Waals surface area contributed by atoms with Crippen molar-refractivity contribution in [3.63, 3.8) is 0 Å². The molecule has 0 saturated heterocycles. The van der Waals surface area contributed by atoms with Gasteiger partial charge in [-0.25, -0.2) is 9.97 Å². The van der Waals surface area contributed by atoms with Gasteiger partial charge in [-0.1, -0.05) is 0 Å². The van der Waals surface area contributed by atoms with Gasteiger partial charge in [0.2, 0.25) is 0 Å². The Morgan fingerprint density at radius 2 is 2.29 bits per heavy atom. The predicted octanol–water partition coefficient (Wildman–Crippen LogP) is 2.57. The Labute approximate surface area is 93.1 Å². The van der Waals surface area contributed by atoms with Crippen LogP contribution in [0.1, 0.15) is 0 Å². The van der Waals surface area contributed by atoms with Crippen molar-refractivity contribution in [2.75, 3.05) is 5.73 Å². The Morgan fingerprint density at radius 1 is 1.43 bits per heavy atom. The van der Waals surface area contributed by atoms with Gasteiger partial charge in [-0.3, -0.25) is 0 Å². The number of halogens is 1. The Morgan fingerprint density at radius 3 is 2.93 bits per heavy atom. The van der Waals surface area contributed by atoms with Crippen molar-refractivity contribution < 1.29 is 4.42 Å². The van der Waals surface area contributed by atoms with Gasteiger partial charge >= 0.3 is 0 Å². The van der Waals surface area contributed by atoms with Crippen molar-refractivity contribution in [2.45, 2.75) is 10.2 Å². The van der Waals surface area contributed by atoms with E-state index >= 15 is 0 Å². The second-order valence-electron chi connectivity index (χ2n) is 2.45. The minimum Gasteiger partial charge on any atom is -0.440 e. The van der Waals surface area contributed by atoms with Crippen LogP contribution < -0.4 is 5.73 Å². The van der Waals surface area contributed by atoms with Crippen LogP contribution in [0.4, 0.5) is 5.69 Å². The number of anilines is 1. The van der Waals surface area contributed by atoms with Crippen LogP contribution in [0.5, 0.6) is 0 Å². The predicted molar refractivity (Wildman–Crippen MR) is 57.0 cm³/mol. The van der Waals surface area contributed by atoms with Gasteiger partial charge < -0.3 is 10.2 Å². The number of oxazole rings is 1. The molecule has 0 radical (unpaired) electrons. The molecule has 0 atom stereocenters. The molecule has 0 aliphatic heterocycles. The van der Waals surface area contributed by atoms with Crippen LogP contribution in [0.3, 0.4) is 0 Å². The van der Waals surface area contributed by atoms with Crippen molar-refractivity contribution in [2.24, 2.45) is 0 Å². The minimum atomic E-state index is 0.534. The molecule has 0 unspecified atom stereocenters. The highest BCUT2D eigenvalue weighted by Gasteiger charge is 2.06. The number of pyridine rings is 1.